The van der Waals surface area contributed by atoms with Gasteiger partial charge in [-0.3, -0.25) is 0 Å². The molecule has 0 aromatic carbocycles. The highest BCUT2D eigenvalue weighted by Crippen LogP contribution is 2.25. The van der Waals surface area contributed by atoms with Crippen LogP contribution in [0.15, 0.2) is 0 Å². The maximum absolute atomic E-state index is 5.89. The number of hydrogen-bond acceptors (Lipinski definition) is 4. The van der Waals surface area contributed by atoms with Crippen LogP contribution in [0, 0.1) is 0 Å². The van der Waals surface area contributed by atoms with Crippen molar-refractivity contribution in [1.82, 2.24) is 9.80 Å². The van der Waals surface area contributed by atoms with Gasteiger partial charge in [-0.15, -0.1) is 0 Å². The Bertz CT molecular complexity index is 241. The van der Waals surface area contributed by atoms with Crippen LogP contribution in [-0.4, -0.2) is 71.8 Å². The lowest BCUT2D eigenvalue weighted by atomic mass is 10.2. The van der Waals surface area contributed by atoms with Crippen LogP contribution in [0.3, 0.4) is 0 Å². The van der Waals surface area contributed by atoms with Crippen LogP contribution < -0.4 is 0 Å². The first-order valence-corrected chi connectivity index (χ1v) is 10.6. The Morgan fingerprint density at radius 3 is 1.38 bits per heavy atom. The molecule has 4 nitrogen and oxygen atoms in total. The van der Waals surface area contributed by atoms with Crippen LogP contribution in [0.25, 0.3) is 0 Å². The zero-order valence-electron chi connectivity index (χ0n) is 15.6. The summed E-state index contributed by atoms with van der Waals surface area (Å²) >= 11 is 0. The average Bonchev–Trinajstić information content (AvgIpc) is 2.53. The van der Waals surface area contributed by atoms with E-state index in [2.05, 4.69) is 51.6 Å². The summed E-state index contributed by atoms with van der Waals surface area (Å²) in [5.74, 6) is 0. The van der Waals surface area contributed by atoms with E-state index in [4.69, 9.17) is 8.85 Å². The molecule has 0 aromatic heterocycles. The van der Waals surface area contributed by atoms with Crippen molar-refractivity contribution in [2.24, 2.45) is 0 Å². The quantitative estimate of drug-likeness (QED) is 0.516. The predicted octanol–water partition coefficient (Wildman–Crippen LogP) is 3.18. The fourth-order valence-electron chi connectivity index (χ4n) is 2.54. The van der Waals surface area contributed by atoms with Gasteiger partial charge < -0.3 is 18.7 Å². The summed E-state index contributed by atoms with van der Waals surface area (Å²) in [4.78, 5) is 4.77. The molecular formula is C16H38N2O2Si. The summed E-state index contributed by atoms with van der Waals surface area (Å²) in [6, 6.07) is 3.33. The molecule has 2 unspecified atom stereocenters. The molecule has 0 radical (unpaired) electrons. The second-order valence-corrected chi connectivity index (χ2v) is 9.88. The van der Waals surface area contributed by atoms with Gasteiger partial charge in [0.1, 0.15) is 0 Å². The van der Waals surface area contributed by atoms with E-state index in [1.807, 2.05) is 14.2 Å². The van der Waals surface area contributed by atoms with E-state index in [-0.39, 0.29) is 0 Å². The number of hydrogen-bond donors (Lipinski definition) is 0. The van der Waals surface area contributed by atoms with Gasteiger partial charge in [-0.25, -0.2) is 0 Å². The number of nitrogens with zero attached hydrogens (tertiary/aromatic N) is 2. The van der Waals surface area contributed by atoms with Gasteiger partial charge in [0.2, 0.25) is 0 Å². The van der Waals surface area contributed by atoms with Gasteiger partial charge in [-0.05, 0) is 66.0 Å². The summed E-state index contributed by atoms with van der Waals surface area (Å²) < 4.78 is 11.8. The van der Waals surface area contributed by atoms with Crippen molar-refractivity contribution in [3.8, 4) is 0 Å². The predicted molar refractivity (Wildman–Crippen MR) is 94.2 cm³/mol. The van der Waals surface area contributed by atoms with Gasteiger partial charge in [0.15, 0.2) is 0 Å². The molecule has 0 amide bonds. The summed E-state index contributed by atoms with van der Waals surface area (Å²) in [6.45, 7) is 11.2. The Labute approximate surface area is 134 Å². The first kappa shape index (κ1) is 21.1. The third-order valence-electron chi connectivity index (χ3n) is 5.13. The third-order valence-corrected chi connectivity index (χ3v) is 8.72. The lowest BCUT2D eigenvalue weighted by Gasteiger charge is -2.32. The van der Waals surface area contributed by atoms with E-state index in [0.717, 1.165) is 38.0 Å². The van der Waals surface area contributed by atoms with Crippen LogP contribution >= 0.6 is 0 Å². The maximum atomic E-state index is 5.89. The summed E-state index contributed by atoms with van der Waals surface area (Å²) in [5, 5.41) is 0. The Hall–Kier alpha value is 0.0569. The molecule has 128 valence electrons. The van der Waals surface area contributed by atoms with E-state index in [1.54, 1.807) is 0 Å². The van der Waals surface area contributed by atoms with E-state index in [1.165, 1.54) is 0 Å². The molecule has 5 heteroatoms. The first-order valence-electron chi connectivity index (χ1n) is 8.36. The Morgan fingerprint density at radius 1 is 0.810 bits per heavy atom. The second-order valence-electron chi connectivity index (χ2n) is 6.24. The molecule has 0 rings (SSSR count). The molecule has 0 spiro atoms. The fourth-order valence-corrected chi connectivity index (χ4v) is 5.49. The average molecular weight is 319 g/mol. The summed E-state index contributed by atoms with van der Waals surface area (Å²) in [6.07, 6.45) is 2.30. The van der Waals surface area contributed by atoms with Crippen LogP contribution in [0.5, 0.6) is 0 Å². The molecule has 0 aliphatic heterocycles. The summed E-state index contributed by atoms with van der Waals surface area (Å²) in [7, 11) is 6.00. The zero-order valence-corrected chi connectivity index (χ0v) is 16.6. The lowest BCUT2D eigenvalue weighted by Crippen LogP contribution is -2.43. The number of rotatable bonds is 12. The largest absolute Gasteiger partial charge is 0.398 e. The summed E-state index contributed by atoms with van der Waals surface area (Å²) in [5.41, 5.74) is 0. The Balaban J connectivity index is 4.48. The molecule has 0 N–H and O–H groups in total. The Kier molecular flexibility index (Phi) is 10.8. The molecule has 2 atom stereocenters. The van der Waals surface area contributed by atoms with Crippen molar-refractivity contribution in [2.45, 2.75) is 64.7 Å². The van der Waals surface area contributed by atoms with E-state index < -0.39 is 8.56 Å². The normalized spacial score (nSPS) is 15.7. The van der Waals surface area contributed by atoms with Crippen LogP contribution in [0.2, 0.25) is 12.1 Å². The minimum absolute atomic E-state index is 0.586. The van der Waals surface area contributed by atoms with Crippen molar-refractivity contribution >= 4 is 8.56 Å². The fraction of sp³-hybridized carbons (Fsp3) is 1.00. The van der Waals surface area contributed by atoms with Gasteiger partial charge >= 0.3 is 8.56 Å². The standard InChI is InChI=1S/C16H38N2O2Si/c1-9-17(5)15(3)11-13-21(19-7,20-8)14-12-16(4)18(6)10-2/h15-16H,9-14H2,1-8H3. The smallest absolute Gasteiger partial charge is 0.337 e. The SMILES string of the molecule is CCN(C)C(C)CC[Si](CCC(C)N(C)CC)(OC)OC. The third kappa shape index (κ3) is 7.24. The highest BCUT2D eigenvalue weighted by molar-refractivity contribution is 6.67. The molecule has 0 aromatic rings. The topological polar surface area (TPSA) is 24.9 Å². The van der Waals surface area contributed by atoms with Crippen molar-refractivity contribution in [3.05, 3.63) is 0 Å². The second kappa shape index (κ2) is 10.7. The molecule has 21 heavy (non-hydrogen) atoms. The molecule has 0 saturated carbocycles. The highest BCUT2D eigenvalue weighted by atomic mass is 28.4. The highest BCUT2D eigenvalue weighted by Gasteiger charge is 2.36. The van der Waals surface area contributed by atoms with Gasteiger partial charge in [0.25, 0.3) is 0 Å². The molecular weight excluding hydrogens is 280 g/mol. The minimum atomic E-state index is -2.04. The monoisotopic (exact) mass is 318 g/mol. The Morgan fingerprint density at radius 2 is 1.14 bits per heavy atom. The zero-order chi connectivity index (χ0) is 16.5. The first-order chi connectivity index (χ1) is 9.85. The minimum Gasteiger partial charge on any atom is -0.398 e. The van der Waals surface area contributed by atoms with Gasteiger partial charge in [0, 0.05) is 26.3 Å². The maximum Gasteiger partial charge on any atom is 0.337 e. The van der Waals surface area contributed by atoms with E-state index in [0.29, 0.717) is 12.1 Å². The van der Waals surface area contributed by atoms with Gasteiger partial charge in [-0.1, -0.05) is 13.8 Å². The molecule has 0 bridgehead atoms. The van der Waals surface area contributed by atoms with Crippen molar-refractivity contribution in [3.63, 3.8) is 0 Å². The van der Waals surface area contributed by atoms with Gasteiger partial charge in [-0.2, -0.15) is 0 Å². The molecule has 0 fully saturated rings. The molecule has 0 heterocycles. The van der Waals surface area contributed by atoms with Crippen molar-refractivity contribution < 1.29 is 8.85 Å². The van der Waals surface area contributed by atoms with E-state index in [9.17, 15) is 0 Å². The van der Waals surface area contributed by atoms with Gasteiger partial charge in [0.05, 0.1) is 0 Å². The lowest BCUT2D eigenvalue weighted by molar-refractivity contribution is 0.213. The van der Waals surface area contributed by atoms with Crippen LogP contribution in [-0.2, 0) is 8.85 Å². The van der Waals surface area contributed by atoms with Crippen molar-refractivity contribution in [2.75, 3.05) is 41.4 Å². The van der Waals surface area contributed by atoms with Crippen molar-refractivity contribution in [1.29, 1.82) is 0 Å². The van der Waals surface area contributed by atoms with Crippen LogP contribution in [0.4, 0.5) is 0 Å². The molecule has 0 aliphatic carbocycles. The molecule has 0 saturated heterocycles. The molecule has 0 aliphatic rings. The van der Waals surface area contributed by atoms with Crippen LogP contribution in [0.1, 0.15) is 40.5 Å². The van der Waals surface area contributed by atoms with E-state index >= 15 is 0 Å².